The molecule has 98 valence electrons. The zero-order valence-corrected chi connectivity index (χ0v) is 11.6. The van der Waals surface area contributed by atoms with E-state index in [1.165, 1.54) is 5.56 Å². The molecular weight excluding hydrogens is 224 g/mol. The fourth-order valence-corrected chi connectivity index (χ4v) is 2.37. The molecular formula is C16H22O2. The second-order valence-electron chi connectivity index (χ2n) is 5.76. The molecule has 0 aliphatic carbocycles. The number of ether oxygens (including phenoxy) is 1. The molecule has 1 aromatic carbocycles. The third-order valence-electron chi connectivity index (χ3n) is 3.63. The van der Waals surface area contributed by atoms with Crippen molar-refractivity contribution in [1.82, 2.24) is 0 Å². The maximum Gasteiger partial charge on any atom is 0.162 e. The minimum Gasteiger partial charge on any atom is -0.492 e. The molecule has 0 spiro atoms. The molecule has 1 aliphatic heterocycles. The molecule has 2 nitrogen and oxygen atoms in total. The van der Waals surface area contributed by atoms with Gasteiger partial charge in [0.2, 0.25) is 0 Å². The van der Waals surface area contributed by atoms with Crippen LogP contribution in [0.25, 0.3) is 0 Å². The Morgan fingerprint density at radius 2 is 2.11 bits per heavy atom. The molecule has 0 radical (unpaired) electrons. The van der Waals surface area contributed by atoms with Crippen molar-refractivity contribution in [1.29, 1.82) is 0 Å². The van der Waals surface area contributed by atoms with E-state index in [1.807, 2.05) is 18.2 Å². The summed E-state index contributed by atoms with van der Waals surface area (Å²) in [5, 5.41) is 0. The molecule has 0 amide bonds. The topological polar surface area (TPSA) is 26.3 Å². The van der Waals surface area contributed by atoms with E-state index in [9.17, 15) is 4.79 Å². The van der Waals surface area contributed by atoms with Crippen LogP contribution in [0.5, 0.6) is 5.75 Å². The summed E-state index contributed by atoms with van der Waals surface area (Å²) in [4.78, 5) is 12.1. The van der Waals surface area contributed by atoms with Crippen LogP contribution in [0.3, 0.4) is 0 Å². The van der Waals surface area contributed by atoms with Crippen molar-refractivity contribution in [3.05, 3.63) is 29.3 Å². The molecule has 0 saturated heterocycles. The van der Waals surface area contributed by atoms with Gasteiger partial charge in [-0.3, -0.25) is 4.79 Å². The molecule has 0 aromatic heterocycles. The lowest BCUT2D eigenvalue weighted by Crippen LogP contribution is -2.18. The van der Waals surface area contributed by atoms with E-state index in [1.54, 1.807) is 0 Å². The number of fused-ring (bicyclic) bond motifs is 1. The molecule has 2 rings (SSSR count). The van der Waals surface area contributed by atoms with Gasteiger partial charge in [0.15, 0.2) is 5.78 Å². The fourth-order valence-electron chi connectivity index (χ4n) is 2.37. The number of unbranched alkanes of at least 4 members (excludes halogenated alkanes) is 2. The van der Waals surface area contributed by atoms with Crippen LogP contribution in [-0.4, -0.2) is 12.4 Å². The molecule has 0 saturated carbocycles. The lowest BCUT2D eigenvalue weighted by molar-refractivity contribution is 0.0979. The number of hydrogen-bond acceptors (Lipinski definition) is 2. The van der Waals surface area contributed by atoms with E-state index in [0.29, 0.717) is 13.0 Å². The third kappa shape index (κ3) is 2.58. The van der Waals surface area contributed by atoms with E-state index in [0.717, 1.165) is 30.6 Å². The molecule has 1 heterocycles. The molecule has 2 heteroatoms. The van der Waals surface area contributed by atoms with E-state index in [-0.39, 0.29) is 11.2 Å². The van der Waals surface area contributed by atoms with Crippen LogP contribution in [0.2, 0.25) is 0 Å². The van der Waals surface area contributed by atoms with Crippen LogP contribution in [0, 0.1) is 0 Å². The average molecular weight is 246 g/mol. The first-order valence-electron chi connectivity index (χ1n) is 6.85. The highest BCUT2D eigenvalue weighted by Gasteiger charge is 2.32. The van der Waals surface area contributed by atoms with Gasteiger partial charge in [0.25, 0.3) is 0 Å². The first-order chi connectivity index (χ1) is 8.54. The zero-order valence-electron chi connectivity index (χ0n) is 11.6. The van der Waals surface area contributed by atoms with E-state index in [2.05, 4.69) is 20.8 Å². The Balaban J connectivity index is 2.14. The Labute approximate surface area is 109 Å². The summed E-state index contributed by atoms with van der Waals surface area (Å²) in [7, 11) is 0. The van der Waals surface area contributed by atoms with Crippen LogP contribution in [0.1, 0.15) is 62.4 Å². The van der Waals surface area contributed by atoms with Gasteiger partial charge in [-0.05, 0) is 24.6 Å². The van der Waals surface area contributed by atoms with Gasteiger partial charge in [-0.1, -0.05) is 33.6 Å². The summed E-state index contributed by atoms with van der Waals surface area (Å²) in [6.07, 6.45) is 3.93. The summed E-state index contributed by atoms with van der Waals surface area (Å²) in [6, 6.07) is 5.86. The van der Waals surface area contributed by atoms with Gasteiger partial charge in [-0.15, -0.1) is 0 Å². The van der Waals surface area contributed by atoms with Gasteiger partial charge < -0.3 is 4.74 Å². The first kappa shape index (κ1) is 13.1. The highest BCUT2D eigenvalue weighted by atomic mass is 16.5. The van der Waals surface area contributed by atoms with Crippen molar-refractivity contribution in [2.75, 3.05) is 6.61 Å². The van der Waals surface area contributed by atoms with E-state index in [4.69, 9.17) is 4.74 Å². The Morgan fingerprint density at radius 1 is 1.33 bits per heavy atom. The highest BCUT2D eigenvalue weighted by Crippen LogP contribution is 2.38. The van der Waals surface area contributed by atoms with Gasteiger partial charge in [0.1, 0.15) is 5.75 Å². The van der Waals surface area contributed by atoms with Crippen LogP contribution in [-0.2, 0) is 5.41 Å². The SMILES string of the molecule is CCCCCC(=O)c1ccc2c(c1)C(C)(C)CO2. The van der Waals surface area contributed by atoms with Crippen molar-refractivity contribution in [3.63, 3.8) is 0 Å². The summed E-state index contributed by atoms with van der Waals surface area (Å²) < 4.78 is 5.64. The Kier molecular flexibility index (Phi) is 3.74. The van der Waals surface area contributed by atoms with Gasteiger partial charge in [0, 0.05) is 23.0 Å². The quantitative estimate of drug-likeness (QED) is 0.577. The normalized spacial score (nSPS) is 16.2. The van der Waals surface area contributed by atoms with Crippen molar-refractivity contribution in [2.24, 2.45) is 0 Å². The van der Waals surface area contributed by atoms with Gasteiger partial charge in [-0.2, -0.15) is 0 Å². The highest BCUT2D eigenvalue weighted by molar-refractivity contribution is 5.96. The van der Waals surface area contributed by atoms with Crippen LogP contribution >= 0.6 is 0 Å². The molecule has 0 unspecified atom stereocenters. The molecule has 18 heavy (non-hydrogen) atoms. The number of carbonyl (C=O) groups excluding carboxylic acids is 1. The lowest BCUT2D eigenvalue weighted by Gasteiger charge is -2.15. The minimum absolute atomic E-state index is 0.0229. The van der Waals surface area contributed by atoms with Crippen molar-refractivity contribution in [3.8, 4) is 5.75 Å². The zero-order chi connectivity index (χ0) is 13.2. The standard InChI is InChI=1S/C16H22O2/c1-4-5-6-7-14(17)12-8-9-15-13(10-12)16(2,3)11-18-15/h8-10H,4-7,11H2,1-3H3. The Hall–Kier alpha value is -1.31. The Morgan fingerprint density at radius 3 is 2.83 bits per heavy atom. The van der Waals surface area contributed by atoms with Crippen molar-refractivity contribution in [2.45, 2.75) is 51.9 Å². The fraction of sp³-hybridized carbons (Fsp3) is 0.562. The molecule has 1 aliphatic rings. The van der Waals surface area contributed by atoms with E-state index >= 15 is 0 Å². The van der Waals surface area contributed by atoms with E-state index < -0.39 is 0 Å². The van der Waals surface area contributed by atoms with Gasteiger partial charge in [0.05, 0.1) is 6.61 Å². The molecule has 0 N–H and O–H groups in total. The molecule has 1 aromatic rings. The average Bonchev–Trinajstić information content (AvgIpc) is 2.65. The first-order valence-corrected chi connectivity index (χ1v) is 6.85. The largest absolute Gasteiger partial charge is 0.492 e. The smallest absolute Gasteiger partial charge is 0.162 e. The van der Waals surface area contributed by atoms with Crippen molar-refractivity contribution < 1.29 is 9.53 Å². The summed E-state index contributed by atoms with van der Waals surface area (Å²) >= 11 is 0. The van der Waals surface area contributed by atoms with Crippen molar-refractivity contribution >= 4 is 5.78 Å². The summed E-state index contributed by atoms with van der Waals surface area (Å²) in [6.45, 7) is 7.17. The van der Waals surface area contributed by atoms with Gasteiger partial charge >= 0.3 is 0 Å². The predicted molar refractivity (Wildman–Crippen MR) is 73.4 cm³/mol. The molecule has 0 atom stereocenters. The third-order valence-corrected chi connectivity index (χ3v) is 3.63. The second-order valence-corrected chi connectivity index (χ2v) is 5.76. The molecule has 0 fully saturated rings. The number of ketones is 1. The van der Waals surface area contributed by atoms with Crippen LogP contribution in [0.4, 0.5) is 0 Å². The maximum absolute atomic E-state index is 12.1. The van der Waals surface area contributed by atoms with Crippen LogP contribution < -0.4 is 4.74 Å². The van der Waals surface area contributed by atoms with Gasteiger partial charge in [-0.25, -0.2) is 0 Å². The number of benzene rings is 1. The number of carbonyl (C=O) groups is 1. The number of rotatable bonds is 5. The summed E-state index contributed by atoms with van der Waals surface area (Å²) in [5.74, 6) is 1.19. The second kappa shape index (κ2) is 5.13. The predicted octanol–water partition coefficient (Wildman–Crippen LogP) is 4.12. The summed E-state index contributed by atoms with van der Waals surface area (Å²) in [5.41, 5.74) is 2.03. The Bertz CT molecular complexity index is 446. The maximum atomic E-state index is 12.1. The van der Waals surface area contributed by atoms with Crippen LogP contribution in [0.15, 0.2) is 18.2 Å². The molecule has 0 bridgehead atoms. The minimum atomic E-state index is 0.0229. The monoisotopic (exact) mass is 246 g/mol. The lowest BCUT2D eigenvalue weighted by atomic mass is 9.85. The number of Topliss-reactive ketones (excluding diaryl/α,β-unsaturated/α-hetero) is 1. The number of hydrogen-bond donors (Lipinski definition) is 0.